The van der Waals surface area contributed by atoms with Crippen LogP contribution in [0.3, 0.4) is 0 Å². The molecule has 35 heavy (non-hydrogen) atoms. The Morgan fingerprint density at radius 2 is 1.94 bits per heavy atom. The number of hydrogen-bond acceptors (Lipinski definition) is 5. The second-order valence-electron chi connectivity index (χ2n) is 9.34. The van der Waals surface area contributed by atoms with Gasteiger partial charge >= 0.3 is 0 Å². The maximum Gasteiger partial charge on any atom is 0.275 e. The Kier molecular flexibility index (Phi) is 4.73. The summed E-state index contributed by atoms with van der Waals surface area (Å²) in [5.74, 6) is -0.143. The van der Waals surface area contributed by atoms with E-state index in [2.05, 4.69) is 25.1 Å². The molecule has 1 aliphatic heterocycles. The summed E-state index contributed by atoms with van der Waals surface area (Å²) in [6.07, 6.45) is 5.50. The second kappa shape index (κ2) is 7.72. The van der Waals surface area contributed by atoms with Crippen LogP contribution in [-0.4, -0.2) is 60.4 Å². The van der Waals surface area contributed by atoms with Gasteiger partial charge in [-0.3, -0.25) is 14.7 Å². The molecule has 9 nitrogen and oxygen atoms in total. The fraction of sp³-hybridized carbons (Fsp3) is 0.320. The van der Waals surface area contributed by atoms with E-state index in [1.54, 1.807) is 41.4 Å². The summed E-state index contributed by atoms with van der Waals surface area (Å²) in [6.45, 7) is 2.56. The number of aryl methyl sites for hydroxylation is 1. The van der Waals surface area contributed by atoms with Crippen molar-refractivity contribution in [3.63, 3.8) is 0 Å². The summed E-state index contributed by atoms with van der Waals surface area (Å²) >= 11 is 0. The van der Waals surface area contributed by atoms with Crippen molar-refractivity contribution in [3.05, 3.63) is 76.5 Å². The molecular weight excluding hydrogens is 449 g/mol. The molecule has 4 aromatic rings. The normalized spacial score (nSPS) is 16.3. The van der Waals surface area contributed by atoms with Gasteiger partial charge in [-0.15, -0.1) is 0 Å². The number of hydrogen-bond donors (Lipinski definition) is 2. The maximum atomic E-state index is 13.8. The molecule has 2 aliphatic rings. The van der Waals surface area contributed by atoms with Gasteiger partial charge in [0.2, 0.25) is 0 Å². The number of rotatable bonds is 4. The van der Waals surface area contributed by atoms with Crippen LogP contribution in [0.1, 0.15) is 56.5 Å². The fourth-order valence-corrected chi connectivity index (χ4v) is 5.03. The number of aromatic amines is 2. The van der Waals surface area contributed by atoms with Crippen molar-refractivity contribution in [1.82, 2.24) is 34.9 Å². The summed E-state index contributed by atoms with van der Waals surface area (Å²) in [5.41, 5.74) is 3.12. The SMILES string of the molecule is Cc1cc(F)cc2[nH]c(C(=O)N3CCc4[nH]nc(C(=O)N(C)C5(c6ncccn6)CC5)c4C3)cc12. The van der Waals surface area contributed by atoms with Gasteiger partial charge in [-0.2, -0.15) is 5.10 Å². The Bertz CT molecular complexity index is 1470. The van der Waals surface area contributed by atoms with E-state index in [4.69, 9.17) is 0 Å². The Morgan fingerprint density at radius 3 is 2.69 bits per heavy atom. The molecule has 1 aromatic carbocycles. The zero-order valence-electron chi connectivity index (χ0n) is 19.4. The number of carbonyl (C=O) groups excluding carboxylic acids is 2. The van der Waals surface area contributed by atoms with E-state index in [0.717, 1.165) is 35.0 Å². The summed E-state index contributed by atoms with van der Waals surface area (Å²) in [5, 5.41) is 8.13. The first kappa shape index (κ1) is 21.5. The Morgan fingerprint density at radius 1 is 1.17 bits per heavy atom. The number of benzene rings is 1. The molecule has 2 amide bonds. The molecule has 178 valence electrons. The number of aromatic nitrogens is 5. The lowest BCUT2D eigenvalue weighted by atomic mass is 10.0. The molecule has 1 aliphatic carbocycles. The van der Waals surface area contributed by atoms with E-state index in [0.29, 0.717) is 35.7 Å². The fourth-order valence-electron chi connectivity index (χ4n) is 5.03. The monoisotopic (exact) mass is 473 g/mol. The molecule has 0 spiro atoms. The molecule has 0 atom stereocenters. The van der Waals surface area contributed by atoms with Gasteiger partial charge in [0, 0.05) is 54.6 Å². The summed E-state index contributed by atoms with van der Waals surface area (Å²) < 4.78 is 13.8. The van der Waals surface area contributed by atoms with Crippen LogP contribution in [0.25, 0.3) is 10.9 Å². The highest BCUT2D eigenvalue weighted by atomic mass is 19.1. The number of H-pyrrole nitrogens is 2. The standard InChI is InChI=1S/C25H24FN7O2/c1-14-10-15(26)11-19-16(14)12-20(29-19)22(34)33-9-4-18-17(13-33)21(31-30-18)23(35)32(2)25(5-6-25)24-27-7-3-8-28-24/h3,7-8,10-12,29H,4-6,9,13H2,1-2H3,(H,30,31). The van der Waals surface area contributed by atoms with Gasteiger partial charge in [0.25, 0.3) is 11.8 Å². The minimum atomic E-state index is -0.522. The van der Waals surface area contributed by atoms with E-state index in [1.807, 2.05) is 6.92 Å². The van der Waals surface area contributed by atoms with Crippen LogP contribution in [-0.2, 0) is 18.5 Å². The van der Waals surface area contributed by atoms with Crippen molar-refractivity contribution in [2.24, 2.45) is 0 Å². The molecule has 0 saturated heterocycles. The van der Waals surface area contributed by atoms with Crippen molar-refractivity contribution in [3.8, 4) is 0 Å². The van der Waals surface area contributed by atoms with Gasteiger partial charge < -0.3 is 14.8 Å². The first-order valence-electron chi connectivity index (χ1n) is 11.6. The number of fused-ring (bicyclic) bond motifs is 2. The lowest BCUT2D eigenvalue weighted by Crippen LogP contribution is -2.40. The number of amides is 2. The molecule has 10 heteroatoms. The molecule has 4 heterocycles. The predicted octanol–water partition coefficient (Wildman–Crippen LogP) is 3.09. The van der Waals surface area contributed by atoms with Crippen LogP contribution in [0.2, 0.25) is 0 Å². The van der Waals surface area contributed by atoms with Crippen molar-refractivity contribution < 1.29 is 14.0 Å². The molecule has 3 aromatic heterocycles. The number of halogens is 1. The van der Waals surface area contributed by atoms with Gasteiger partial charge in [-0.25, -0.2) is 14.4 Å². The number of carbonyl (C=O) groups is 2. The third kappa shape index (κ3) is 3.39. The first-order chi connectivity index (χ1) is 16.9. The quantitative estimate of drug-likeness (QED) is 0.473. The van der Waals surface area contributed by atoms with Crippen LogP contribution in [0.4, 0.5) is 4.39 Å². The van der Waals surface area contributed by atoms with Gasteiger partial charge in [0.05, 0.1) is 6.54 Å². The van der Waals surface area contributed by atoms with E-state index in [-0.39, 0.29) is 24.2 Å². The zero-order chi connectivity index (χ0) is 24.3. The minimum absolute atomic E-state index is 0.198. The lowest BCUT2D eigenvalue weighted by Gasteiger charge is -2.29. The van der Waals surface area contributed by atoms with E-state index < -0.39 is 5.54 Å². The topological polar surface area (TPSA) is 111 Å². The highest BCUT2D eigenvalue weighted by Gasteiger charge is 2.53. The highest BCUT2D eigenvalue weighted by Crippen LogP contribution is 2.49. The van der Waals surface area contributed by atoms with Gasteiger partial charge in [0.15, 0.2) is 11.5 Å². The average molecular weight is 474 g/mol. The van der Waals surface area contributed by atoms with Crippen LogP contribution in [0.5, 0.6) is 0 Å². The van der Waals surface area contributed by atoms with Crippen LogP contribution >= 0.6 is 0 Å². The minimum Gasteiger partial charge on any atom is -0.350 e. The molecule has 2 N–H and O–H groups in total. The molecular formula is C25H24FN7O2. The van der Waals surface area contributed by atoms with E-state index >= 15 is 0 Å². The first-order valence-corrected chi connectivity index (χ1v) is 11.6. The van der Waals surface area contributed by atoms with E-state index in [9.17, 15) is 14.0 Å². The van der Waals surface area contributed by atoms with Crippen molar-refractivity contribution in [2.75, 3.05) is 13.6 Å². The molecule has 6 rings (SSSR count). The van der Waals surface area contributed by atoms with Crippen molar-refractivity contribution >= 4 is 22.7 Å². The largest absolute Gasteiger partial charge is 0.350 e. The molecule has 1 fully saturated rings. The Hall–Kier alpha value is -4.08. The van der Waals surface area contributed by atoms with E-state index in [1.165, 1.54) is 12.1 Å². The summed E-state index contributed by atoms with van der Waals surface area (Å²) in [6, 6.07) is 6.35. The third-order valence-electron chi connectivity index (χ3n) is 7.22. The summed E-state index contributed by atoms with van der Waals surface area (Å²) in [4.78, 5) is 42.0. The number of nitrogens with one attached hydrogen (secondary N) is 2. The molecule has 0 bridgehead atoms. The van der Waals surface area contributed by atoms with Crippen LogP contribution < -0.4 is 0 Å². The third-order valence-corrected chi connectivity index (χ3v) is 7.22. The molecule has 0 unspecified atom stereocenters. The van der Waals surface area contributed by atoms with Crippen molar-refractivity contribution in [1.29, 1.82) is 0 Å². The smallest absolute Gasteiger partial charge is 0.275 e. The Balaban J connectivity index is 1.26. The lowest BCUT2D eigenvalue weighted by molar-refractivity contribution is 0.0674. The zero-order valence-corrected chi connectivity index (χ0v) is 19.4. The van der Waals surface area contributed by atoms with Gasteiger partial charge in [-0.05, 0) is 49.6 Å². The van der Waals surface area contributed by atoms with Crippen LogP contribution in [0.15, 0.2) is 36.7 Å². The van der Waals surface area contributed by atoms with Gasteiger partial charge in [0.1, 0.15) is 17.1 Å². The number of nitrogens with zero attached hydrogens (tertiary/aromatic N) is 5. The Labute approximate surface area is 200 Å². The summed E-state index contributed by atoms with van der Waals surface area (Å²) in [7, 11) is 1.75. The molecule has 0 radical (unpaired) electrons. The second-order valence-corrected chi connectivity index (χ2v) is 9.34. The van der Waals surface area contributed by atoms with Gasteiger partial charge in [-0.1, -0.05) is 0 Å². The van der Waals surface area contributed by atoms with Crippen molar-refractivity contribution in [2.45, 2.75) is 38.3 Å². The van der Waals surface area contributed by atoms with Crippen LogP contribution in [0, 0.1) is 12.7 Å². The highest BCUT2D eigenvalue weighted by molar-refractivity contribution is 5.99. The maximum absolute atomic E-state index is 13.8. The predicted molar refractivity (Wildman–Crippen MR) is 125 cm³/mol. The molecule has 1 saturated carbocycles. The average Bonchev–Trinajstić information content (AvgIpc) is 3.39.